The van der Waals surface area contributed by atoms with Crippen molar-refractivity contribution in [1.82, 2.24) is 29.4 Å². The first kappa shape index (κ1) is 36.9. The molecule has 0 bridgehead atoms. The number of nitrogens with one attached hydrogen (secondary N) is 1. The largest absolute Gasteiger partial charge is 0.369 e. The van der Waals surface area contributed by atoms with Crippen molar-refractivity contribution in [3.05, 3.63) is 71.0 Å². The van der Waals surface area contributed by atoms with Crippen molar-refractivity contribution in [3.8, 4) is 11.8 Å². The van der Waals surface area contributed by atoms with E-state index in [0.29, 0.717) is 36.5 Å². The van der Waals surface area contributed by atoms with Crippen LogP contribution >= 0.6 is 11.6 Å². The average molecular weight is 689 g/mol. The maximum absolute atomic E-state index is 12.3. The monoisotopic (exact) mass is 688 g/mol. The van der Waals surface area contributed by atoms with Gasteiger partial charge in [0, 0.05) is 25.0 Å². The van der Waals surface area contributed by atoms with Gasteiger partial charge in [-0.1, -0.05) is 64.0 Å². The Bertz CT molecular complexity index is 2090. The highest BCUT2D eigenvalue weighted by atomic mass is 35.5. The molecule has 6 aromatic rings. The lowest BCUT2D eigenvalue weighted by atomic mass is 9.92. The first-order valence-corrected chi connectivity index (χ1v) is 16.3. The molecule has 260 valence electrons. The summed E-state index contributed by atoms with van der Waals surface area (Å²) < 4.78 is 14.2. The van der Waals surface area contributed by atoms with Gasteiger partial charge in [-0.25, -0.2) is 19.1 Å². The maximum Gasteiger partial charge on any atom is 0.238 e. The van der Waals surface area contributed by atoms with Crippen LogP contribution < -0.4 is 11.1 Å². The second kappa shape index (κ2) is 14.7. The second-order valence-corrected chi connectivity index (χ2v) is 15.0. The highest BCUT2D eigenvalue weighted by Gasteiger charge is 2.21. The quantitative estimate of drug-likeness (QED) is 0.169. The average Bonchev–Trinajstić information content (AvgIpc) is 3.72. The van der Waals surface area contributed by atoms with Crippen molar-refractivity contribution >= 4 is 56.7 Å². The smallest absolute Gasteiger partial charge is 0.238 e. The van der Waals surface area contributed by atoms with E-state index in [0.717, 1.165) is 44.6 Å². The van der Waals surface area contributed by atoms with Gasteiger partial charge in [0.25, 0.3) is 0 Å². The molecule has 0 aliphatic carbocycles. The van der Waals surface area contributed by atoms with E-state index in [2.05, 4.69) is 25.6 Å². The van der Waals surface area contributed by atoms with E-state index in [1.807, 2.05) is 118 Å². The molecule has 4 aromatic heterocycles. The third kappa shape index (κ3) is 10.0. The molecule has 4 heterocycles. The van der Waals surface area contributed by atoms with Crippen LogP contribution in [0.1, 0.15) is 76.9 Å². The number of anilines is 2. The third-order valence-electron chi connectivity index (χ3n) is 6.93. The number of benzene rings is 2. The minimum absolute atomic E-state index is 0.0405. The van der Waals surface area contributed by atoms with Crippen LogP contribution in [0.25, 0.3) is 33.8 Å². The number of carbonyl (C=O) groups is 2. The molecule has 1 amide bonds. The van der Waals surface area contributed by atoms with Crippen molar-refractivity contribution in [2.75, 3.05) is 11.1 Å². The van der Waals surface area contributed by atoms with Gasteiger partial charge in [0.2, 0.25) is 34.8 Å². The molecule has 13 heteroatoms. The summed E-state index contributed by atoms with van der Waals surface area (Å²) in [5, 5.41) is 10.5. The summed E-state index contributed by atoms with van der Waals surface area (Å²) in [6.45, 7) is 19.8. The number of hydrogen-bond acceptors (Lipinski definition) is 9. The summed E-state index contributed by atoms with van der Waals surface area (Å²) in [5.41, 5.74) is 13.1. The lowest BCUT2D eigenvalue weighted by Gasteiger charge is -2.17. The molecular formula is C36H45ClN8O4. The molecule has 12 nitrogen and oxygen atoms in total. The summed E-state index contributed by atoms with van der Waals surface area (Å²) in [5.74, 6) is 1.90. The standard InChI is InChI=1S/C18H22N4O2.C12H12N4O.C6H11ClO/c1-11-6-7-13-14(8-11)22(16-9-12(2)21-24-16)17(19-13)20-15(23)10-18(3,4)5;1-7-3-4-9-10(5-7)16(12(13)14-9)11-6-8(2)15-17-11;1-6(2,3)4-5(7)8/h6-9H,10H2,1-5H3,(H,19,20,23);3-6H,1-2H3,(H2,13,14);4H2,1-3H3. The Labute approximate surface area is 291 Å². The molecule has 6 rings (SSSR count). The molecule has 49 heavy (non-hydrogen) atoms. The van der Waals surface area contributed by atoms with Gasteiger partial charge in [0.15, 0.2) is 0 Å². The van der Waals surface area contributed by atoms with Gasteiger partial charge in [-0.15, -0.1) is 0 Å². The van der Waals surface area contributed by atoms with Crippen LogP contribution in [0.15, 0.2) is 57.6 Å². The molecule has 0 saturated carbocycles. The second-order valence-electron chi connectivity index (χ2n) is 14.6. The van der Waals surface area contributed by atoms with E-state index in [-0.39, 0.29) is 22.0 Å². The number of hydrogen-bond donors (Lipinski definition) is 2. The molecule has 0 saturated heterocycles. The van der Waals surface area contributed by atoms with Crippen molar-refractivity contribution in [1.29, 1.82) is 0 Å². The number of nitrogen functional groups attached to an aromatic ring is 1. The van der Waals surface area contributed by atoms with Crippen LogP contribution in [0.4, 0.5) is 11.9 Å². The Morgan fingerprint density at radius 2 is 1.20 bits per heavy atom. The number of imidazole rings is 2. The van der Waals surface area contributed by atoms with Gasteiger partial charge in [-0.2, -0.15) is 0 Å². The SMILES string of the molecule is CC(C)(C)CC(=O)Cl.Cc1ccc2nc(N)n(-c3cc(C)no3)c2c1.Cc1ccc2nc(NC(=O)CC(C)(C)C)n(-c3cc(C)no3)c2c1. The van der Waals surface area contributed by atoms with E-state index in [1.54, 1.807) is 9.13 Å². The number of halogens is 1. The number of aryl methyl sites for hydroxylation is 4. The van der Waals surface area contributed by atoms with Crippen molar-refractivity contribution in [2.24, 2.45) is 10.8 Å². The zero-order valence-corrected chi connectivity index (χ0v) is 30.6. The van der Waals surface area contributed by atoms with E-state index in [1.165, 1.54) is 0 Å². The fraction of sp³-hybridized carbons (Fsp3) is 0.389. The Morgan fingerprint density at radius 1 is 0.735 bits per heavy atom. The first-order valence-electron chi connectivity index (χ1n) is 15.9. The predicted octanol–water partition coefficient (Wildman–Crippen LogP) is 8.41. The molecule has 0 unspecified atom stereocenters. The molecule has 0 fully saturated rings. The number of rotatable bonds is 5. The van der Waals surface area contributed by atoms with E-state index in [4.69, 9.17) is 26.4 Å². The zero-order valence-electron chi connectivity index (χ0n) is 29.8. The van der Waals surface area contributed by atoms with Gasteiger partial charge in [0.1, 0.15) is 0 Å². The van der Waals surface area contributed by atoms with Crippen LogP contribution in [-0.4, -0.2) is 40.6 Å². The zero-order chi connectivity index (χ0) is 36.3. The van der Waals surface area contributed by atoms with Crippen LogP contribution in [0.3, 0.4) is 0 Å². The van der Waals surface area contributed by atoms with Crippen LogP contribution in [-0.2, 0) is 9.59 Å². The number of fused-ring (bicyclic) bond motifs is 2. The molecule has 0 aliphatic heterocycles. The first-order chi connectivity index (χ1) is 22.8. The summed E-state index contributed by atoms with van der Waals surface area (Å²) in [7, 11) is 0. The van der Waals surface area contributed by atoms with Crippen LogP contribution in [0.2, 0.25) is 0 Å². The van der Waals surface area contributed by atoms with Crippen molar-refractivity contribution < 1.29 is 18.6 Å². The summed E-state index contributed by atoms with van der Waals surface area (Å²) in [6, 6.07) is 15.6. The Morgan fingerprint density at radius 3 is 1.63 bits per heavy atom. The molecular weight excluding hydrogens is 644 g/mol. The van der Waals surface area contributed by atoms with E-state index in [9.17, 15) is 9.59 Å². The Hall–Kier alpha value is -4.97. The maximum atomic E-state index is 12.3. The highest BCUT2D eigenvalue weighted by Crippen LogP contribution is 2.28. The van der Waals surface area contributed by atoms with Gasteiger partial charge in [0.05, 0.1) is 33.5 Å². The minimum Gasteiger partial charge on any atom is -0.369 e. The third-order valence-corrected chi connectivity index (χ3v) is 7.06. The molecule has 0 aliphatic rings. The van der Waals surface area contributed by atoms with E-state index >= 15 is 0 Å². The summed E-state index contributed by atoms with van der Waals surface area (Å²) >= 11 is 5.12. The van der Waals surface area contributed by atoms with Crippen molar-refractivity contribution in [2.45, 2.75) is 82.1 Å². The lowest BCUT2D eigenvalue weighted by Crippen LogP contribution is -2.21. The fourth-order valence-corrected chi connectivity index (χ4v) is 5.31. The fourth-order valence-electron chi connectivity index (χ4n) is 4.91. The normalized spacial score (nSPS) is 11.6. The summed E-state index contributed by atoms with van der Waals surface area (Å²) in [6.07, 6.45) is 0.860. The Kier molecular flexibility index (Phi) is 11.0. The lowest BCUT2D eigenvalue weighted by molar-refractivity contribution is -0.118. The molecule has 0 radical (unpaired) electrons. The number of amides is 1. The van der Waals surface area contributed by atoms with Gasteiger partial charge in [-0.3, -0.25) is 14.9 Å². The molecule has 0 atom stereocenters. The number of carbonyl (C=O) groups excluding carboxylic acids is 2. The van der Waals surface area contributed by atoms with Crippen LogP contribution in [0, 0.1) is 38.5 Å². The number of aromatic nitrogens is 6. The van der Waals surface area contributed by atoms with Crippen molar-refractivity contribution in [3.63, 3.8) is 0 Å². The predicted molar refractivity (Wildman–Crippen MR) is 193 cm³/mol. The summed E-state index contributed by atoms with van der Waals surface area (Å²) in [4.78, 5) is 31.4. The number of nitrogens with two attached hydrogens (primary N) is 1. The minimum atomic E-state index is -0.252. The molecule has 0 spiro atoms. The topological polar surface area (TPSA) is 160 Å². The van der Waals surface area contributed by atoms with E-state index < -0.39 is 0 Å². The van der Waals surface area contributed by atoms with Gasteiger partial charge >= 0.3 is 0 Å². The Balaban J connectivity index is 0.000000188. The highest BCUT2D eigenvalue weighted by molar-refractivity contribution is 6.63. The van der Waals surface area contributed by atoms with Gasteiger partial charge in [-0.05, 0) is 85.5 Å². The molecule has 2 aromatic carbocycles. The number of nitrogens with zero attached hydrogens (tertiary/aromatic N) is 6. The van der Waals surface area contributed by atoms with Gasteiger partial charge < -0.3 is 14.8 Å². The molecule has 3 N–H and O–H groups in total. The van der Waals surface area contributed by atoms with Crippen LogP contribution in [0.5, 0.6) is 0 Å².